The molecule has 1 aromatic heterocycles. The number of alkyl halides is 2. The van der Waals surface area contributed by atoms with Crippen molar-refractivity contribution in [2.75, 3.05) is 31.1 Å². The molecule has 196 valence electrons. The lowest BCUT2D eigenvalue weighted by Gasteiger charge is -2.62. The fourth-order valence-corrected chi connectivity index (χ4v) is 5.26. The number of halogens is 5. The third kappa shape index (κ3) is 5.04. The molecule has 2 aliphatic heterocycles. The SMILES string of the molecule is CC(C)N1CC2(CN(C(=S)N(Cc3ccc(-c4nnc(C(F)F)o4)cc3F)c3ccc(F)c(Cl)c3)C2)C1. The Morgan fingerprint density at radius 3 is 2.41 bits per heavy atom. The maximum Gasteiger partial charge on any atom is 0.314 e. The fourth-order valence-electron chi connectivity index (χ4n) is 4.79. The van der Waals surface area contributed by atoms with Gasteiger partial charge in [0.1, 0.15) is 11.6 Å². The van der Waals surface area contributed by atoms with Crippen LogP contribution in [0, 0.1) is 17.0 Å². The Labute approximate surface area is 221 Å². The molecular formula is C25H24ClF4N5OS. The van der Waals surface area contributed by atoms with E-state index in [1.807, 2.05) is 0 Å². The molecule has 3 aromatic rings. The second-order valence-corrected chi connectivity index (χ2v) is 10.6. The molecule has 2 aromatic carbocycles. The highest BCUT2D eigenvalue weighted by atomic mass is 35.5. The van der Waals surface area contributed by atoms with Crippen LogP contribution in [0.5, 0.6) is 0 Å². The Balaban J connectivity index is 1.37. The summed E-state index contributed by atoms with van der Waals surface area (Å²) in [5.74, 6) is -2.22. The molecular weight excluding hydrogens is 530 g/mol. The van der Waals surface area contributed by atoms with Gasteiger partial charge in [-0.05, 0) is 56.4 Å². The van der Waals surface area contributed by atoms with Crippen LogP contribution in [0.1, 0.15) is 31.7 Å². The van der Waals surface area contributed by atoms with Crippen molar-refractivity contribution < 1.29 is 22.0 Å². The molecule has 0 radical (unpaired) electrons. The van der Waals surface area contributed by atoms with E-state index in [9.17, 15) is 13.2 Å². The minimum atomic E-state index is -2.92. The monoisotopic (exact) mass is 553 g/mol. The van der Waals surface area contributed by atoms with Gasteiger partial charge in [-0.2, -0.15) is 8.78 Å². The van der Waals surface area contributed by atoms with Crippen LogP contribution in [0.15, 0.2) is 40.8 Å². The van der Waals surface area contributed by atoms with Crippen molar-refractivity contribution in [2.24, 2.45) is 5.41 Å². The van der Waals surface area contributed by atoms with Crippen LogP contribution in [0.4, 0.5) is 23.2 Å². The van der Waals surface area contributed by atoms with Crippen molar-refractivity contribution in [3.05, 3.63) is 64.5 Å². The summed E-state index contributed by atoms with van der Waals surface area (Å²) in [7, 11) is 0. The Bertz CT molecular complexity index is 1320. The van der Waals surface area contributed by atoms with Crippen molar-refractivity contribution in [1.82, 2.24) is 20.0 Å². The van der Waals surface area contributed by atoms with Crippen LogP contribution in [0.3, 0.4) is 0 Å². The second-order valence-electron chi connectivity index (χ2n) is 9.87. The van der Waals surface area contributed by atoms with Crippen molar-refractivity contribution in [3.8, 4) is 11.5 Å². The normalized spacial score (nSPS) is 16.8. The van der Waals surface area contributed by atoms with Crippen molar-refractivity contribution in [3.63, 3.8) is 0 Å². The molecule has 5 rings (SSSR count). The molecule has 0 amide bonds. The van der Waals surface area contributed by atoms with Crippen LogP contribution in [-0.4, -0.2) is 57.3 Å². The molecule has 2 fully saturated rings. The van der Waals surface area contributed by atoms with E-state index < -0.39 is 24.0 Å². The number of benzene rings is 2. The predicted molar refractivity (Wildman–Crippen MR) is 136 cm³/mol. The molecule has 0 unspecified atom stereocenters. The van der Waals surface area contributed by atoms with E-state index in [1.54, 1.807) is 11.0 Å². The maximum atomic E-state index is 15.2. The maximum absolute atomic E-state index is 15.2. The Kier molecular flexibility index (Phi) is 6.88. The van der Waals surface area contributed by atoms with E-state index >= 15 is 4.39 Å². The first-order valence-electron chi connectivity index (χ1n) is 11.7. The highest BCUT2D eigenvalue weighted by molar-refractivity contribution is 7.80. The molecule has 0 atom stereocenters. The van der Waals surface area contributed by atoms with Gasteiger partial charge in [0.15, 0.2) is 5.11 Å². The minimum Gasteiger partial charge on any atom is -0.415 e. The average Bonchev–Trinajstić information content (AvgIpc) is 3.29. The van der Waals surface area contributed by atoms with Crippen LogP contribution in [-0.2, 0) is 6.54 Å². The minimum absolute atomic E-state index is 0.0423. The van der Waals surface area contributed by atoms with E-state index in [0.717, 1.165) is 32.2 Å². The molecule has 0 bridgehead atoms. The number of anilines is 1. The highest BCUT2D eigenvalue weighted by Crippen LogP contribution is 2.41. The molecule has 2 aliphatic rings. The number of hydrogen-bond acceptors (Lipinski definition) is 5. The Hall–Kier alpha value is -2.76. The lowest BCUT2D eigenvalue weighted by atomic mass is 9.72. The van der Waals surface area contributed by atoms with Gasteiger partial charge in [0.2, 0.25) is 5.89 Å². The summed E-state index contributed by atoms with van der Waals surface area (Å²) in [6.07, 6.45) is -2.92. The van der Waals surface area contributed by atoms with Crippen molar-refractivity contribution in [2.45, 2.75) is 32.9 Å². The van der Waals surface area contributed by atoms with Crippen molar-refractivity contribution >= 4 is 34.6 Å². The van der Waals surface area contributed by atoms with Gasteiger partial charge in [0.25, 0.3) is 5.89 Å². The summed E-state index contributed by atoms with van der Waals surface area (Å²) in [6.45, 7) is 7.96. The summed E-state index contributed by atoms with van der Waals surface area (Å²) < 4.78 is 59.5. The molecule has 1 spiro atoms. The summed E-state index contributed by atoms with van der Waals surface area (Å²) in [6, 6.07) is 8.89. The van der Waals surface area contributed by atoms with Gasteiger partial charge in [-0.15, -0.1) is 10.2 Å². The van der Waals surface area contributed by atoms with Gasteiger partial charge in [-0.3, -0.25) is 4.90 Å². The van der Waals surface area contributed by atoms with Crippen molar-refractivity contribution in [1.29, 1.82) is 0 Å². The highest BCUT2D eigenvalue weighted by Gasteiger charge is 2.53. The first-order valence-corrected chi connectivity index (χ1v) is 12.5. The van der Waals surface area contributed by atoms with E-state index in [4.69, 9.17) is 28.2 Å². The number of aromatic nitrogens is 2. The van der Waals surface area contributed by atoms with E-state index in [-0.39, 0.29) is 34.0 Å². The van der Waals surface area contributed by atoms with Gasteiger partial charge >= 0.3 is 6.43 Å². The number of thiocarbonyl (C=S) groups is 1. The summed E-state index contributed by atoms with van der Waals surface area (Å²) in [4.78, 5) is 6.18. The zero-order chi connectivity index (χ0) is 26.5. The van der Waals surface area contributed by atoms with E-state index in [2.05, 4.69) is 33.8 Å². The molecule has 0 saturated carbocycles. The fraction of sp³-hybridized carbons (Fsp3) is 0.400. The second kappa shape index (κ2) is 9.85. The molecule has 3 heterocycles. The van der Waals surface area contributed by atoms with Crippen LogP contribution >= 0.6 is 23.8 Å². The summed E-state index contributed by atoms with van der Waals surface area (Å²) in [5.41, 5.74) is 1.18. The average molecular weight is 554 g/mol. The number of nitrogens with zero attached hydrogens (tertiary/aromatic N) is 5. The quantitative estimate of drug-likeness (QED) is 0.277. The Morgan fingerprint density at radius 2 is 1.81 bits per heavy atom. The first kappa shape index (κ1) is 25.9. The number of rotatable bonds is 6. The molecule has 0 aliphatic carbocycles. The Morgan fingerprint density at radius 1 is 1.08 bits per heavy atom. The zero-order valence-corrected chi connectivity index (χ0v) is 21.7. The van der Waals surface area contributed by atoms with Gasteiger partial charge < -0.3 is 14.2 Å². The zero-order valence-electron chi connectivity index (χ0n) is 20.1. The van der Waals surface area contributed by atoms with Crippen LogP contribution < -0.4 is 4.90 Å². The van der Waals surface area contributed by atoms with E-state index in [0.29, 0.717) is 16.8 Å². The molecule has 0 N–H and O–H groups in total. The molecule has 2 saturated heterocycles. The van der Waals surface area contributed by atoms with Gasteiger partial charge in [0, 0.05) is 54.5 Å². The van der Waals surface area contributed by atoms with Crippen LogP contribution in [0.25, 0.3) is 11.5 Å². The number of likely N-dealkylation sites (tertiary alicyclic amines) is 2. The topological polar surface area (TPSA) is 48.6 Å². The largest absolute Gasteiger partial charge is 0.415 e. The third-order valence-electron chi connectivity index (χ3n) is 6.83. The summed E-state index contributed by atoms with van der Waals surface area (Å²) >= 11 is 11.9. The van der Waals surface area contributed by atoms with Gasteiger partial charge in [-0.1, -0.05) is 17.7 Å². The van der Waals surface area contributed by atoms with Crippen LogP contribution in [0.2, 0.25) is 5.02 Å². The third-order valence-corrected chi connectivity index (χ3v) is 7.60. The van der Waals surface area contributed by atoms with Gasteiger partial charge in [-0.25, -0.2) is 8.78 Å². The molecule has 37 heavy (non-hydrogen) atoms. The molecule has 12 heteroatoms. The number of hydrogen-bond donors (Lipinski definition) is 0. The lowest BCUT2D eigenvalue weighted by Crippen LogP contribution is -2.74. The lowest BCUT2D eigenvalue weighted by molar-refractivity contribution is -0.0993. The van der Waals surface area contributed by atoms with E-state index in [1.165, 1.54) is 24.3 Å². The van der Waals surface area contributed by atoms with Gasteiger partial charge in [0.05, 0.1) is 11.6 Å². The summed E-state index contributed by atoms with van der Waals surface area (Å²) in [5, 5.41) is 7.26. The smallest absolute Gasteiger partial charge is 0.314 e. The molecule has 6 nitrogen and oxygen atoms in total. The predicted octanol–water partition coefficient (Wildman–Crippen LogP) is 5.92. The standard InChI is InChI=1S/C25H24ClF4N5OS/c1-14(2)33-10-25(11-33)12-34(13-25)24(37)35(17-5-6-19(27)18(26)8-17)9-16-4-3-15(7-20(16)28)22-31-32-23(36-22)21(29)30/h3-8,14,21H,9-13H2,1-2H3. The first-order chi connectivity index (χ1) is 17.5.